The monoisotopic (exact) mass is 288 g/mol. The van der Waals surface area contributed by atoms with Gasteiger partial charge in [0.25, 0.3) is 0 Å². The molecule has 0 saturated carbocycles. The molecule has 0 amide bonds. The van der Waals surface area contributed by atoms with E-state index in [0.717, 1.165) is 13.0 Å². The Hall–Kier alpha value is -1.04. The number of likely N-dealkylation sites (tertiary alicyclic amines) is 1. The van der Waals surface area contributed by atoms with Gasteiger partial charge in [0.1, 0.15) is 0 Å². The summed E-state index contributed by atoms with van der Waals surface area (Å²) in [6.07, 6.45) is 0.780. The van der Waals surface area contributed by atoms with E-state index in [9.17, 15) is 9.50 Å². The molecule has 0 spiro atoms. The van der Waals surface area contributed by atoms with Gasteiger partial charge in [-0.2, -0.15) is 4.39 Å². The maximum atomic E-state index is 14.0. The third-order valence-corrected chi connectivity index (χ3v) is 3.99. The van der Waals surface area contributed by atoms with Crippen molar-refractivity contribution in [2.24, 2.45) is 11.7 Å². The number of ether oxygens (including phenoxy) is 1. The van der Waals surface area contributed by atoms with Gasteiger partial charge in [0.05, 0.1) is 12.1 Å². The predicted octanol–water partition coefficient (Wildman–Crippen LogP) is 2.14. The SMILES string of the molecule is COc1c(Cl)cc(C2CC(CN)CN2C)c(O)c1F. The number of halogens is 2. The van der Waals surface area contributed by atoms with E-state index in [0.29, 0.717) is 18.0 Å². The summed E-state index contributed by atoms with van der Waals surface area (Å²) in [5, 5.41) is 10.2. The number of hydrogen-bond donors (Lipinski definition) is 2. The standard InChI is InChI=1S/C13H18ClFN2O2/c1-17-6-7(5-16)3-10(17)8-4-9(14)13(19-2)11(15)12(8)18/h4,7,10,18H,3,5-6,16H2,1-2H3. The first kappa shape index (κ1) is 14.4. The van der Waals surface area contributed by atoms with E-state index >= 15 is 0 Å². The fraction of sp³-hybridized carbons (Fsp3) is 0.538. The predicted molar refractivity (Wildman–Crippen MR) is 72.2 cm³/mol. The molecule has 2 unspecified atom stereocenters. The van der Waals surface area contributed by atoms with Gasteiger partial charge in [0.15, 0.2) is 11.5 Å². The minimum Gasteiger partial charge on any atom is -0.504 e. The summed E-state index contributed by atoms with van der Waals surface area (Å²) in [6, 6.07) is 1.49. The van der Waals surface area contributed by atoms with E-state index in [4.69, 9.17) is 22.1 Å². The summed E-state index contributed by atoms with van der Waals surface area (Å²) in [7, 11) is 3.24. The van der Waals surface area contributed by atoms with Crippen LogP contribution in [0.4, 0.5) is 4.39 Å². The van der Waals surface area contributed by atoms with Crippen molar-refractivity contribution in [1.29, 1.82) is 0 Å². The Morgan fingerprint density at radius 2 is 2.32 bits per heavy atom. The highest BCUT2D eigenvalue weighted by Gasteiger charge is 2.33. The zero-order valence-electron chi connectivity index (χ0n) is 11.0. The summed E-state index contributed by atoms with van der Waals surface area (Å²) < 4.78 is 18.8. The van der Waals surface area contributed by atoms with Crippen LogP contribution in [0.3, 0.4) is 0 Å². The molecule has 1 saturated heterocycles. The van der Waals surface area contributed by atoms with Crippen molar-refractivity contribution < 1.29 is 14.2 Å². The van der Waals surface area contributed by atoms with Crippen LogP contribution in [-0.2, 0) is 0 Å². The first-order valence-corrected chi connectivity index (χ1v) is 6.52. The Kier molecular flexibility index (Phi) is 4.18. The maximum absolute atomic E-state index is 14.0. The fourth-order valence-corrected chi connectivity index (χ4v) is 2.97. The van der Waals surface area contributed by atoms with Gasteiger partial charge in [-0.25, -0.2) is 0 Å². The number of methoxy groups -OCH3 is 1. The second-order valence-corrected chi connectivity index (χ2v) is 5.34. The number of hydrogen-bond acceptors (Lipinski definition) is 4. The molecule has 2 atom stereocenters. The lowest BCUT2D eigenvalue weighted by molar-refractivity contribution is 0.299. The van der Waals surface area contributed by atoms with E-state index in [2.05, 4.69) is 4.90 Å². The largest absolute Gasteiger partial charge is 0.504 e. The Morgan fingerprint density at radius 1 is 1.63 bits per heavy atom. The molecule has 2 rings (SSSR count). The number of nitrogens with zero attached hydrogens (tertiary/aromatic N) is 1. The average molecular weight is 289 g/mol. The lowest BCUT2D eigenvalue weighted by Gasteiger charge is -2.21. The second kappa shape index (κ2) is 5.53. The molecule has 0 aromatic heterocycles. The van der Waals surface area contributed by atoms with Crippen molar-refractivity contribution >= 4 is 11.6 Å². The molecule has 3 N–H and O–H groups in total. The summed E-state index contributed by atoms with van der Waals surface area (Å²) in [6.45, 7) is 1.40. The zero-order chi connectivity index (χ0) is 14.2. The van der Waals surface area contributed by atoms with Crippen LogP contribution < -0.4 is 10.5 Å². The highest BCUT2D eigenvalue weighted by atomic mass is 35.5. The third-order valence-electron chi connectivity index (χ3n) is 3.71. The number of phenols is 1. The van der Waals surface area contributed by atoms with Crippen LogP contribution in [-0.4, -0.2) is 37.3 Å². The summed E-state index contributed by atoms with van der Waals surface area (Å²) in [5.41, 5.74) is 6.16. The Bertz CT molecular complexity index is 484. The Balaban J connectivity index is 2.41. The highest BCUT2D eigenvalue weighted by Crippen LogP contribution is 2.44. The molecule has 1 aliphatic heterocycles. The summed E-state index contributed by atoms with van der Waals surface area (Å²) in [4.78, 5) is 2.05. The van der Waals surface area contributed by atoms with Gasteiger partial charge in [-0.1, -0.05) is 11.6 Å². The number of rotatable bonds is 3. The number of aromatic hydroxyl groups is 1. The molecule has 0 radical (unpaired) electrons. The molecule has 6 heteroatoms. The molecular weight excluding hydrogens is 271 g/mol. The van der Waals surface area contributed by atoms with Crippen LogP contribution in [0.2, 0.25) is 5.02 Å². The first-order chi connectivity index (χ1) is 8.99. The van der Waals surface area contributed by atoms with Crippen molar-refractivity contribution in [1.82, 2.24) is 4.90 Å². The molecular formula is C13H18ClFN2O2. The quantitative estimate of drug-likeness (QED) is 0.895. The van der Waals surface area contributed by atoms with Crippen molar-refractivity contribution in [3.8, 4) is 11.5 Å². The minimum absolute atomic E-state index is 0.0774. The molecule has 106 valence electrons. The molecule has 19 heavy (non-hydrogen) atoms. The van der Waals surface area contributed by atoms with Gasteiger partial charge < -0.3 is 15.6 Å². The molecule has 1 aromatic rings. The van der Waals surface area contributed by atoms with Crippen molar-refractivity contribution in [2.45, 2.75) is 12.5 Å². The van der Waals surface area contributed by atoms with Crippen LogP contribution in [0.1, 0.15) is 18.0 Å². The van der Waals surface area contributed by atoms with Crippen molar-refractivity contribution in [3.63, 3.8) is 0 Å². The van der Waals surface area contributed by atoms with Gasteiger partial charge in [-0.15, -0.1) is 0 Å². The highest BCUT2D eigenvalue weighted by molar-refractivity contribution is 6.32. The van der Waals surface area contributed by atoms with E-state index in [1.54, 1.807) is 6.07 Å². The molecule has 1 aromatic carbocycles. The molecule has 0 bridgehead atoms. The molecule has 1 aliphatic rings. The molecule has 0 aliphatic carbocycles. The van der Waals surface area contributed by atoms with Gasteiger partial charge in [0, 0.05) is 18.2 Å². The summed E-state index contributed by atoms with van der Waals surface area (Å²) >= 11 is 5.98. The topological polar surface area (TPSA) is 58.7 Å². The lowest BCUT2D eigenvalue weighted by atomic mass is 9.98. The van der Waals surface area contributed by atoms with Crippen LogP contribution >= 0.6 is 11.6 Å². The molecule has 1 fully saturated rings. The maximum Gasteiger partial charge on any atom is 0.208 e. The normalized spacial score (nSPS) is 23.8. The number of benzene rings is 1. The average Bonchev–Trinajstić information content (AvgIpc) is 2.76. The lowest BCUT2D eigenvalue weighted by Crippen LogP contribution is -2.20. The Labute approximate surface area is 116 Å². The van der Waals surface area contributed by atoms with Crippen LogP contribution in [0.25, 0.3) is 0 Å². The summed E-state index contributed by atoms with van der Waals surface area (Å²) in [5.74, 6) is -0.984. The van der Waals surface area contributed by atoms with E-state index in [1.165, 1.54) is 7.11 Å². The van der Waals surface area contributed by atoms with Crippen LogP contribution in [0.15, 0.2) is 6.07 Å². The Morgan fingerprint density at radius 3 is 2.84 bits per heavy atom. The van der Waals surface area contributed by atoms with Gasteiger partial charge in [0.2, 0.25) is 5.82 Å². The molecule has 1 heterocycles. The fourth-order valence-electron chi connectivity index (χ4n) is 2.69. The minimum atomic E-state index is -0.811. The van der Waals surface area contributed by atoms with Crippen molar-refractivity contribution in [3.05, 3.63) is 22.5 Å². The third kappa shape index (κ3) is 2.50. The van der Waals surface area contributed by atoms with E-state index in [-0.39, 0.29) is 16.8 Å². The van der Waals surface area contributed by atoms with Gasteiger partial charge in [-0.05, 0) is 32.0 Å². The first-order valence-electron chi connectivity index (χ1n) is 6.14. The van der Waals surface area contributed by atoms with Gasteiger partial charge >= 0.3 is 0 Å². The number of nitrogens with two attached hydrogens (primary N) is 1. The van der Waals surface area contributed by atoms with Crippen LogP contribution in [0, 0.1) is 11.7 Å². The smallest absolute Gasteiger partial charge is 0.208 e. The van der Waals surface area contributed by atoms with Crippen molar-refractivity contribution in [2.75, 3.05) is 27.2 Å². The molecule has 4 nitrogen and oxygen atoms in total. The van der Waals surface area contributed by atoms with Crippen LogP contribution in [0.5, 0.6) is 11.5 Å². The van der Waals surface area contributed by atoms with E-state index < -0.39 is 11.6 Å². The van der Waals surface area contributed by atoms with E-state index in [1.807, 2.05) is 7.05 Å². The second-order valence-electron chi connectivity index (χ2n) is 4.94. The zero-order valence-corrected chi connectivity index (χ0v) is 11.7. The number of phenolic OH excluding ortho intramolecular Hbond substituents is 1. The van der Waals surface area contributed by atoms with Gasteiger partial charge in [-0.3, -0.25) is 4.90 Å².